The number of carbonyl (C=O) groups excluding carboxylic acids is 2. The highest BCUT2D eigenvalue weighted by atomic mass is 32.2. The number of amides is 2. The Hall–Kier alpha value is -4.55. The van der Waals surface area contributed by atoms with Crippen molar-refractivity contribution in [2.45, 2.75) is 55.8 Å². The normalized spacial score (nSPS) is 15.7. The number of nitrogens with one attached hydrogen (secondary N) is 1. The van der Waals surface area contributed by atoms with Gasteiger partial charge in [-0.1, -0.05) is 23.8 Å². The smallest absolute Gasteiger partial charge is 0.411 e. The van der Waals surface area contributed by atoms with E-state index in [1.54, 1.807) is 62.3 Å². The van der Waals surface area contributed by atoms with E-state index in [-0.39, 0.29) is 10.5 Å². The van der Waals surface area contributed by atoms with Crippen molar-refractivity contribution in [3.8, 4) is 0 Å². The van der Waals surface area contributed by atoms with E-state index in [0.29, 0.717) is 36.3 Å². The molecule has 0 aliphatic carbocycles. The van der Waals surface area contributed by atoms with Crippen LogP contribution in [0.4, 0.5) is 20.6 Å². The van der Waals surface area contributed by atoms with Crippen LogP contribution in [-0.4, -0.2) is 49.2 Å². The van der Waals surface area contributed by atoms with E-state index >= 15 is 4.39 Å². The minimum absolute atomic E-state index is 0.0589. The van der Waals surface area contributed by atoms with E-state index in [1.807, 2.05) is 18.2 Å². The molecule has 3 aromatic carbocycles. The molecule has 1 saturated heterocycles. The zero-order chi connectivity index (χ0) is 32.5. The van der Waals surface area contributed by atoms with Crippen LogP contribution < -0.4 is 16.2 Å². The van der Waals surface area contributed by atoms with Crippen molar-refractivity contribution in [2.24, 2.45) is 5.84 Å². The minimum Gasteiger partial charge on any atom is -0.453 e. The van der Waals surface area contributed by atoms with Crippen molar-refractivity contribution in [3.63, 3.8) is 0 Å². The number of methoxy groups -OCH3 is 1. The number of rotatable bonds is 8. The molecule has 0 saturated carbocycles. The number of ether oxygens (including phenoxy) is 1. The maximum Gasteiger partial charge on any atom is 0.411 e. The number of anilines is 2. The fourth-order valence-electron chi connectivity index (χ4n) is 5.73. The van der Waals surface area contributed by atoms with Crippen LogP contribution in [0.1, 0.15) is 55.5 Å². The van der Waals surface area contributed by atoms with Gasteiger partial charge in [-0.2, -0.15) is 0 Å². The number of nitrogens with zero attached hydrogens (tertiary/aromatic N) is 3. The molecule has 4 aromatic rings. The molecule has 1 fully saturated rings. The summed E-state index contributed by atoms with van der Waals surface area (Å²) in [6, 6.07) is 14.2. The van der Waals surface area contributed by atoms with E-state index in [0.717, 1.165) is 16.3 Å². The van der Waals surface area contributed by atoms with E-state index < -0.39 is 45.0 Å². The maximum atomic E-state index is 15.5. The topological polar surface area (TPSA) is 135 Å². The first-order valence-electron chi connectivity index (χ1n) is 14.6. The summed E-state index contributed by atoms with van der Waals surface area (Å²) in [5, 5.41) is 4.82. The largest absolute Gasteiger partial charge is 0.453 e. The monoisotopic (exact) mass is 633 g/mol. The molecule has 0 bridgehead atoms. The van der Waals surface area contributed by atoms with Gasteiger partial charge in [-0.15, -0.1) is 0 Å². The number of hydrogen-bond donors (Lipinski definition) is 2. The molecular formula is C33H36FN5O5S. The van der Waals surface area contributed by atoms with Crippen LogP contribution in [0.2, 0.25) is 0 Å². The van der Waals surface area contributed by atoms with Gasteiger partial charge in [-0.25, -0.2) is 23.4 Å². The van der Waals surface area contributed by atoms with Gasteiger partial charge in [0, 0.05) is 35.6 Å². The average molecular weight is 634 g/mol. The number of aryl methyl sites for hydroxylation is 1. The first-order chi connectivity index (χ1) is 21.4. The lowest BCUT2D eigenvalue weighted by Gasteiger charge is -2.35. The van der Waals surface area contributed by atoms with E-state index in [4.69, 9.17) is 10.6 Å². The Bertz CT molecular complexity index is 1870. The summed E-state index contributed by atoms with van der Waals surface area (Å²) in [7, 11) is -2.57. The molecular weight excluding hydrogens is 597 g/mol. The number of aromatic nitrogens is 1. The molecule has 2 heterocycles. The van der Waals surface area contributed by atoms with E-state index in [2.05, 4.69) is 10.3 Å². The number of sulfone groups is 1. The van der Waals surface area contributed by atoms with Gasteiger partial charge in [-0.3, -0.25) is 20.1 Å². The predicted molar refractivity (Wildman–Crippen MR) is 171 cm³/mol. The summed E-state index contributed by atoms with van der Waals surface area (Å²) >= 11 is 0. The summed E-state index contributed by atoms with van der Waals surface area (Å²) in [5.41, 5.74) is 1.99. The zero-order valence-corrected chi connectivity index (χ0v) is 26.3. The molecule has 2 unspecified atom stereocenters. The Morgan fingerprint density at radius 2 is 1.87 bits per heavy atom. The molecule has 3 N–H and O–H groups in total. The van der Waals surface area contributed by atoms with Crippen LogP contribution in [-0.2, 0) is 19.4 Å². The van der Waals surface area contributed by atoms with Crippen LogP contribution in [0.25, 0.3) is 10.8 Å². The second kappa shape index (κ2) is 12.8. The van der Waals surface area contributed by atoms with Gasteiger partial charge in [0.15, 0.2) is 15.9 Å². The van der Waals surface area contributed by atoms with Crippen LogP contribution >= 0.6 is 0 Å². The van der Waals surface area contributed by atoms with E-state index in [9.17, 15) is 18.0 Å². The highest BCUT2D eigenvalue weighted by Crippen LogP contribution is 2.41. The average Bonchev–Trinajstić information content (AvgIpc) is 3.52. The Kier molecular flexibility index (Phi) is 9.08. The number of halogens is 1. The molecule has 1 aromatic heterocycles. The lowest BCUT2D eigenvalue weighted by molar-refractivity contribution is -0.134. The Morgan fingerprint density at radius 1 is 1.09 bits per heavy atom. The number of hydrazine groups is 1. The molecule has 236 valence electrons. The first kappa shape index (κ1) is 31.9. The van der Waals surface area contributed by atoms with Crippen LogP contribution in [0.3, 0.4) is 0 Å². The molecule has 1 aliphatic heterocycles. The highest BCUT2D eigenvalue weighted by Gasteiger charge is 2.40. The second-order valence-electron chi connectivity index (χ2n) is 11.4. The van der Waals surface area contributed by atoms with Crippen molar-refractivity contribution in [2.75, 3.05) is 24.0 Å². The van der Waals surface area contributed by atoms with E-state index in [1.165, 1.54) is 30.3 Å². The standard InChI is InChI=1S/C33H36FN5O5S/c1-20(2)45(42,43)30-12-9-24(37-33(41)44-4)18-27(30)29-6-5-15-38(29)32(40)31(26-16-21(3)7-11-28(26)34)39(35)25-10-8-23-19-36-14-13-22(23)17-25/h7-14,16-20,29,31H,5-6,15,35H2,1-4H3,(H,37,41). The van der Waals surface area contributed by atoms with Crippen LogP contribution in [0, 0.1) is 12.7 Å². The van der Waals surface area contributed by atoms with Gasteiger partial charge >= 0.3 is 6.09 Å². The number of carbonyl (C=O) groups is 2. The quantitative estimate of drug-likeness (QED) is 0.183. The molecule has 12 heteroatoms. The van der Waals surface area contributed by atoms with Crippen molar-refractivity contribution < 1.29 is 27.1 Å². The third-order valence-corrected chi connectivity index (χ3v) is 10.4. The molecule has 2 atom stereocenters. The Morgan fingerprint density at radius 3 is 2.60 bits per heavy atom. The summed E-state index contributed by atoms with van der Waals surface area (Å²) < 4.78 is 47.3. The lowest BCUT2D eigenvalue weighted by atomic mass is 9.99. The number of pyridine rings is 1. The molecule has 0 radical (unpaired) electrons. The molecule has 45 heavy (non-hydrogen) atoms. The predicted octanol–water partition coefficient (Wildman–Crippen LogP) is 5.83. The maximum absolute atomic E-state index is 15.5. The van der Waals surface area contributed by atoms with Crippen molar-refractivity contribution >= 4 is 44.0 Å². The first-order valence-corrected chi connectivity index (χ1v) is 16.1. The van der Waals surface area contributed by atoms with Crippen molar-refractivity contribution in [1.29, 1.82) is 0 Å². The third-order valence-electron chi connectivity index (χ3n) is 8.14. The van der Waals surface area contributed by atoms with Crippen LogP contribution in [0.15, 0.2) is 78.0 Å². The molecule has 5 rings (SSSR count). The van der Waals surface area contributed by atoms with Gasteiger partial charge in [0.05, 0.1) is 29.0 Å². The highest BCUT2D eigenvalue weighted by molar-refractivity contribution is 7.92. The number of nitrogens with two attached hydrogens (primary N) is 1. The fraction of sp³-hybridized carbons (Fsp3) is 0.303. The summed E-state index contributed by atoms with van der Waals surface area (Å²) in [6.07, 6.45) is 3.66. The Balaban J connectivity index is 1.62. The minimum atomic E-state index is -3.79. The summed E-state index contributed by atoms with van der Waals surface area (Å²) in [6.45, 7) is 5.26. The summed E-state index contributed by atoms with van der Waals surface area (Å²) in [4.78, 5) is 32.4. The van der Waals surface area contributed by atoms with Crippen molar-refractivity contribution in [3.05, 3.63) is 95.6 Å². The lowest BCUT2D eigenvalue weighted by Crippen LogP contribution is -2.46. The van der Waals surface area contributed by atoms with Gasteiger partial charge in [0.1, 0.15) is 5.82 Å². The van der Waals surface area contributed by atoms with Gasteiger partial charge in [0.25, 0.3) is 5.91 Å². The number of fused-ring (bicyclic) bond motifs is 1. The molecule has 10 nitrogen and oxygen atoms in total. The number of benzene rings is 3. The molecule has 0 spiro atoms. The zero-order valence-electron chi connectivity index (χ0n) is 25.5. The van der Waals surface area contributed by atoms with Gasteiger partial charge in [-0.05, 0) is 87.0 Å². The molecule has 1 aliphatic rings. The SMILES string of the molecule is COC(=O)Nc1ccc(S(=O)(=O)C(C)C)c(C2CCCN2C(=O)C(c2cc(C)ccc2F)N(N)c2ccc3cnccc3c2)c1. The van der Waals surface area contributed by atoms with Crippen LogP contribution in [0.5, 0.6) is 0 Å². The number of hydrogen-bond acceptors (Lipinski definition) is 8. The van der Waals surface area contributed by atoms with Gasteiger partial charge in [0.2, 0.25) is 0 Å². The third kappa shape index (κ3) is 6.34. The second-order valence-corrected chi connectivity index (χ2v) is 13.9. The summed E-state index contributed by atoms with van der Waals surface area (Å²) in [5.74, 6) is 5.63. The Labute approximate surface area is 261 Å². The van der Waals surface area contributed by atoms with Gasteiger partial charge < -0.3 is 9.64 Å². The molecule has 2 amide bonds. The number of likely N-dealkylation sites (tertiary alicyclic amines) is 1. The van der Waals surface area contributed by atoms with Crippen molar-refractivity contribution in [1.82, 2.24) is 9.88 Å². The fourth-order valence-corrected chi connectivity index (χ4v) is 7.02.